The molecule has 2 aromatic heterocycles. The minimum Gasteiger partial charge on any atom is -0.334 e. The van der Waals surface area contributed by atoms with E-state index in [4.69, 9.17) is 11.6 Å². The Morgan fingerprint density at radius 3 is 2.38 bits per heavy atom. The van der Waals surface area contributed by atoms with Gasteiger partial charge in [-0.2, -0.15) is 5.10 Å². The highest BCUT2D eigenvalue weighted by Gasteiger charge is 2.33. The van der Waals surface area contributed by atoms with Gasteiger partial charge in [0.05, 0.1) is 11.7 Å². The van der Waals surface area contributed by atoms with E-state index in [1.807, 2.05) is 12.1 Å². The zero-order valence-electron chi connectivity index (χ0n) is 13.7. The smallest absolute Gasteiger partial charge is 0.267 e. The molecule has 0 radical (unpaired) electrons. The maximum absolute atomic E-state index is 12.4. The number of carbonyl (C=O) groups excluding carboxylic acids is 1. The van der Waals surface area contributed by atoms with Gasteiger partial charge in [0.25, 0.3) is 11.5 Å². The van der Waals surface area contributed by atoms with Crippen molar-refractivity contribution in [1.29, 1.82) is 0 Å². The number of halogens is 1. The number of pyridine rings is 1. The first-order valence-electron chi connectivity index (χ1n) is 8.17. The Bertz CT molecular complexity index is 996. The van der Waals surface area contributed by atoms with Crippen LogP contribution in [0.2, 0.25) is 5.02 Å². The van der Waals surface area contributed by atoms with Gasteiger partial charge in [0, 0.05) is 47.7 Å². The molecule has 1 aromatic carbocycles. The summed E-state index contributed by atoms with van der Waals surface area (Å²) in [5, 5.41) is 5.12. The Morgan fingerprint density at radius 2 is 1.69 bits per heavy atom. The Kier molecular flexibility index (Phi) is 4.26. The minimum atomic E-state index is -0.177. The lowest BCUT2D eigenvalue weighted by Crippen LogP contribution is -2.53. The molecule has 0 saturated carbocycles. The van der Waals surface area contributed by atoms with Crippen LogP contribution in [0, 0.1) is 0 Å². The predicted molar refractivity (Wildman–Crippen MR) is 98.1 cm³/mol. The number of hydrogen-bond donors (Lipinski definition) is 0. The second-order valence-electron chi connectivity index (χ2n) is 6.11. The number of nitrogens with zero attached hydrogens (tertiary/aromatic N) is 4. The normalized spacial score (nSPS) is 14.1. The molecule has 26 heavy (non-hydrogen) atoms. The van der Waals surface area contributed by atoms with E-state index in [0.29, 0.717) is 29.4 Å². The van der Waals surface area contributed by atoms with E-state index < -0.39 is 0 Å². The molecule has 0 atom stereocenters. The first-order chi connectivity index (χ1) is 12.6. The monoisotopic (exact) mass is 366 g/mol. The van der Waals surface area contributed by atoms with Gasteiger partial charge in [0.2, 0.25) is 0 Å². The lowest BCUT2D eigenvalue weighted by Gasteiger charge is -2.39. The van der Waals surface area contributed by atoms with Crippen LogP contribution in [0.3, 0.4) is 0 Å². The van der Waals surface area contributed by atoms with Crippen LogP contribution in [0.4, 0.5) is 0 Å². The van der Waals surface area contributed by atoms with Crippen LogP contribution in [-0.4, -0.2) is 38.7 Å². The molecule has 3 heterocycles. The average molecular weight is 367 g/mol. The molecule has 130 valence electrons. The number of amides is 1. The van der Waals surface area contributed by atoms with Gasteiger partial charge >= 0.3 is 0 Å². The lowest BCUT2D eigenvalue weighted by atomic mass is 10.1. The maximum atomic E-state index is 12.4. The van der Waals surface area contributed by atoms with Crippen molar-refractivity contribution in [3.63, 3.8) is 0 Å². The van der Waals surface area contributed by atoms with Gasteiger partial charge in [0.1, 0.15) is 0 Å². The summed E-state index contributed by atoms with van der Waals surface area (Å²) in [6, 6.07) is 13.7. The third kappa shape index (κ3) is 3.11. The molecule has 0 bridgehead atoms. The molecule has 0 spiro atoms. The number of likely N-dealkylation sites (tertiary alicyclic amines) is 1. The van der Waals surface area contributed by atoms with Gasteiger partial charge in [-0.3, -0.25) is 14.6 Å². The van der Waals surface area contributed by atoms with Crippen molar-refractivity contribution in [2.24, 2.45) is 0 Å². The van der Waals surface area contributed by atoms with Crippen molar-refractivity contribution in [3.05, 3.63) is 81.9 Å². The molecule has 1 aliphatic heterocycles. The van der Waals surface area contributed by atoms with Crippen LogP contribution < -0.4 is 5.56 Å². The number of benzene rings is 1. The van der Waals surface area contributed by atoms with Crippen LogP contribution in [0.5, 0.6) is 0 Å². The van der Waals surface area contributed by atoms with E-state index in [1.54, 1.807) is 47.6 Å². The van der Waals surface area contributed by atoms with Crippen molar-refractivity contribution >= 4 is 17.5 Å². The van der Waals surface area contributed by atoms with Gasteiger partial charge in [-0.1, -0.05) is 23.7 Å². The highest BCUT2D eigenvalue weighted by Crippen LogP contribution is 2.23. The third-order valence-corrected chi connectivity index (χ3v) is 4.64. The Balaban J connectivity index is 1.52. The largest absolute Gasteiger partial charge is 0.334 e. The van der Waals surface area contributed by atoms with Crippen molar-refractivity contribution in [3.8, 4) is 11.3 Å². The molecule has 0 unspecified atom stereocenters. The number of carbonyl (C=O) groups is 1. The third-order valence-electron chi connectivity index (χ3n) is 4.39. The topological polar surface area (TPSA) is 68.1 Å². The summed E-state index contributed by atoms with van der Waals surface area (Å²) in [6.45, 7) is 0.913. The summed E-state index contributed by atoms with van der Waals surface area (Å²) in [5.41, 5.74) is 1.99. The second-order valence-corrected chi connectivity index (χ2v) is 6.54. The molecule has 0 aliphatic carbocycles. The van der Waals surface area contributed by atoms with Crippen molar-refractivity contribution < 1.29 is 4.79 Å². The molecule has 6 nitrogen and oxygen atoms in total. The van der Waals surface area contributed by atoms with Crippen LogP contribution in [-0.2, 0) is 0 Å². The average Bonchev–Trinajstić information content (AvgIpc) is 2.63. The second kappa shape index (κ2) is 6.72. The van der Waals surface area contributed by atoms with Crippen molar-refractivity contribution in [2.45, 2.75) is 6.04 Å². The number of hydrogen-bond acceptors (Lipinski definition) is 4. The maximum Gasteiger partial charge on any atom is 0.267 e. The van der Waals surface area contributed by atoms with E-state index in [1.165, 1.54) is 10.7 Å². The van der Waals surface area contributed by atoms with Gasteiger partial charge < -0.3 is 4.90 Å². The first kappa shape index (κ1) is 16.5. The fraction of sp³-hybridized carbons (Fsp3) is 0.158. The SMILES string of the molecule is O=C(c1ccncc1)N1CC(n2nc(-c3ccc(Cl)cc3)ccc2=O)C1. The molecule has 1 saturated heterocycles. The fourth-order valence-corrected chi connectivity index (χ4v) is 3.04. The number of rotatable bonds is 3. The molecular formula is C19H15ClN4O2. The molecule has 4 rings (SSSR count). The summed E-state index contributed by atoms with van der Waals surface area (Å²) >= 11 is 5.92. The van der Waals surface area contributed by atoms with Gasteiger partial charge in [-0.05, 0) is 30.3 Å². The molecule has 0 N–H and O–H groups in total. The zero-order chi connectivity index (χ0) is 18.1. The van der Waals surface area contributed by atoms with Crippen LogP contribution in [0.25, 0.3) is 11.3 Å². The molecule has 7 heteroatoms. The quantitative estimate of drug-likeness (QED) is 0.714. The summed E-state index contributed by atoms with van der Waals surface area (Å²) in [4.78, 5) is 30.2. The number of aromatic nitrogens is 3. The summed E-state index contributed by atoms with van der Waals surface area (Å²) < 4.78 is 1.46. The van der Waals surface area contributed by atoms with Crippen molar-refractivity contribution in [2.75, 3.05) is 13.1 Å². The summed E-state index contributed by atoms with van der Waals surface area (Å²) in [5.74, 6) is -0.0643. The van der Waals surface area contributed by atoms with E-state index in [2.05, 4.69) is 10.1 Å². The Morgan fingerprint density at radius 1 is 1.00 bits per heavy atom. The lowest BCUT2D eigenvalue weighted by molar-refractivity contribution is 0.0493. The molecular weight excluding hydrogens is 352 g/mol. The van der Waals surface area contributed by atoms with Crippen LogP contribution >= 0.6 is 11.6 Å². The standard InChI is InChI=1S/C19H15ClN4O2/c20-15-3-1-13(2-4-15)17-5-6-18(25)24(22-17)16-11-23(12-16)19(26)14-7-9-21-10-8-14/h1-10,16H,11-12H2. The summed E-state index contributed by atoms with van der Waals surface area (Å²) in [7, 11) is 0. The Labute approximate surface area is 154 Å². The Hall–Kier alpha value is -2.99. The predicted octanol–water partition coefficient (Wildman–Crippen LogP) is 2.66. The molecule has 3 aromatic rings. The van der Waals surface area contributed by atoms with Gasteiger partial charge in [-0.25, -0.2) is 4.68 Å². The van der Waals surface area contributed by atoms with Gasteiger partial charge in [0.15, 0.2) is 0 Å². The van der Waals surface area contributed by atoms with E-state index in [9.17, 15) is 9.59 Å². The molecule has 1 aliphatic rings. The van der Waals surface area contributed by atoms with Crippen LogP contribution in [0.1, 0.15) is 16.4 Å². The van der Waals surface area contributed by atoms with Crippen LogP contribution in [0.15, 0.2) is 65.7 Å². The van der Waals surface area contributed by atoms with Crippen molar-refractivity contribution in [1.82, 2.24) is 19.7 Å². The van der Waals surface area contributed by atoms with E-state index >= 15 is 0 Å². The van der Waals surface area contributed by atoms with Gasteiger partial charge in [-0.15, -0.1) is 0 Å². The molecule has 1 fully saturated rings. The highest BCUT2D eigenvalue weighted by atomic mass is 35.5. The van der Waals surface area contributed by atoms with E-state index in [0.717, 1.165) is 5.56 Å². The van der Waals surface area contributed by atoms with E-state index in [-0.39, 0.29) is 17.5 Å². The molecule has 1 amide bonds. The summed E-state index contributed by atoms with van der Waals surface area (Å²) in [6.07, 6.45) is 3.18. The first-order valence-corrected chi connectivity index (χ1v) is 8.55. The zero-order valence-corrected chi connectivity index (χ0v) is 14.5. The minimum absolute atomic E-state index is 0.0643. The fourth-order valence-electron chi connectivity index (χ4n) is 2.91. The highest BCUT2D eigenvalue weighted by molar-refractivity contribution is 6.30.